The number of carbonyl (C=O) groups is 4. The molecule has 2 aliphatic rings. The first-order chi connectivity index (χ1) is 10.8. The molecule has 2 fully saturated rings. The Morgan fingerprint density at radius 1 is 1.22 bits per heavy atom. The number of carboxylic acid groups (broad SMARTS) is 2. The van der Waals surface area contributed by atoms with Crippen LogP contribution in [0.4, 0.5) is 0 Å². The summed E-state index contributed by atoms with van der Waals surface area (Å²) in [5.41, 5.74) is 4.39. The molecule has 23 heavy (non-hydrogen) atoms. The Bertz CT molecular complexity index is 537. The van der Waals surface area contributed by atoms with E-state index >= 15 is 0 Å². The molecule has 0 aromatic carbocycles. The van der Waals surface area contributed by atoms with Crippen LogP contribution in [0.25, 0.3) is 0 Å². The van der Waals surface area contributed by atoms with Gasteiger partial charge in [0.05, 0.1) is 6.54 Å². The lowest BCUT2D eigenvalue weighted by Gasteiger charge is -2.34. The Kier molecular flexibility index (Phi) is 4.88. The fourth-order valence-electron chi connectivity index (χ4n) is 3.59. The van der Waals surface area contributed by atoms with Gasteiger partial charge in [0.2, 0.25) is 11.8 Å². The molecule has 2 atom stereocenters. The molecule has 0 aromatic rings. The number of likely N-dealkylation sites (tertiary alicyclic amines) is 2. The van der Waals surface area contributed by atoms with E-state index < -0.39 is 29.4 Å². The summed E-state index contributed by atoms with van der Waals surface area (Å²) in [5.74, 6) is -3.07. The maximum atomic E-state index is 12.8. The molecule has 9 heteroatoms. The van der Waals surface area contributed by atoms with Crippen molar-refractivity contribution in [1.82, 2.24) is 9.80 Å². The van der Waals surface area contributed by atoms with Crippen molar-refractivity contribution in [3.05, 3.63) is 0 Å². The van der Waals surface area contributed by atoms with Gasteiger partial charge in [-0.3, -0.25) is 14.4 Å². The van der Waals surface area contributed by atoms with Crippen molar-refractivity contribution in [2.75, 3.05) is 19.6 Å². The predicted octanol–water partition coefficient (Wildman–Crippen LogP) is -1.14. The molecule has 2 amide bonds. The fourth-order valence-corrected chi connectivity index (χ4v) is 3.59. The number of hydrogen-bond acceptors (Lipinski definition) is 5. The molecule has 0 aliphatic carbocycles. The first-order valence-corrected chi connectivity index (χ1v) is 7.59. The number of carbonyl (C=O) groups excluding carboxylic acids is 2. The van der Waals surface area contributed by atoms with Crippen molar-refractivity contribution in [3.8, 4) is 0 Å². The highest BCUT2D eigenvalue weighted by Gasteiger charge is 2.56. The zero-order valence-electron chi connectivity index (χ0n) is 12.7. The van der Waals surface area contributed by atoms with Crippen molar-refractivity contribution in [2.24, 2.45) is 5.73 Å². The highest BCUT2D eigenvalue weighted by molar-refractivity contribution is 5.96. The second-order valence-corrected chi connectivity index (χ2v) is 5.92. The van der Waals surface area contributed by atoms with E-state index in [1.54, 1.807) is 0 Å². The minimum Gasteiger partial charge on any atom is -0.481 e. The van der Waals surface area contributed by atoms with Crippen molar-refractivity contribution in [2.45, 2.75) is 43.7 Å². The molecule has 2 heterocycles. The first kappa shape index (κ1) is 17.2. The highest BCUT2D eigenvalue weighted by Crippen LogP contribution is 2.39. The maximum absolute atomic E-state index is 12.8. The van der Waals surface area contributed by atoms with E-state index in [1.165, 1.54) is 9.80 Å². The average Bonchev–Trinajstić information content (AvgIpc) is 3.06. The summed E-state index contributed by atoms with van der Waals surface area (Å²) in [7, 11) is 0. The Morgan fingerprint density at radius 2 is 1.91 bits per heavy atom. The van der Waals surface area contributed by atoms with Gasteiger partial charge in [-0.05, 0) is 25.7 Å². The second-order valence-electron chi connectivity index (χ2n) is 5.92. The average molecular weight is 327 g/mol. The number of amides is 2. The third-order valence-electron chi connectivity index (χ3n) is 4.68. The van der Waals surface area contributed by atoms with Crippen LogP contribution >= 0.6 is 0 Å². The van der Waals surface area contributed by atoms with Crippen LogP contribution < -0.4 is 5.73 Å². The molecule has 1 unspecified atom stereocenters. The van der Waals surface area contributed by atoms with Crippen LogP contribution in [0.15, 0.2) is 0 Å². The lowest BCUT2D eigenvalue weighted by molar-refractivity contribution is -0.153. The minimum absolute atomic E-state index is 0.155. The van der Waals surface area contributed by atoms with Crippen LogP contribution in [-0.4, -0.2) is 75.0 Å². The molecule has 0 aromatic heterocycles. The van der Waals surface area contributed by atoms with Gasteiger partial charge in [-0.25, -0.2) is 4.79 Å². The topological polar surface area (TPSA) is 141 Å². The van der Waals surface area contributed by atoms with Crippen LogP contribution in [0.3, 0.4) is 0 Å². The summed E-state index contributed by atoms with van der Waals surface area (Å²) in [6.45, 7) is 0.433. The van der Waals surface area contributed by atoms with Crippen LogP contribution in [0.5, 0.6) is 0 Å². The zero-order chi connectivity index (χ0) is 17.2. The van der Waals surface area contributed by atoms with Crippen molar-refractivity contribution in [1.29, 1.82) is 0 Å². The van der Waals surface area contributed by atoms with Crippen molar-refractivity contribution < 1.29 is 29.4 Å². The highest BCUT2D eigenvalue weighted by atomic mass is 16.4. The quantitative estimate of drug-likeness (QED) is 0.559. The monoisotopic (exact) mass is 327 g/mol. The van der Waals surface area contributed by atoms with Crippen LogP contribution in [0.2, 0.25) is 0 Å². The maximum Gasteiger partial charge on any atom is 0.326 e. The van der Waals surface area contributed by atoms with E-state index in [2.05, 4.69) is 0 Å². The molecule has 9 nitrogen and oxygen atoms in total. The van der Waals surface area contributed by atoms with Crippen LogP contribution in [0, 0.1) is 0 Å². The minimum atomic E-state index is -1.23. The van der Waals surface area contributed by atoms with E-state index in [0.29, 0.717) is 25.8 Å². The molecule has 2 saturated heterocycles. The lowest BCUT2D eigenvalue weighted by atomic mass is 9.94. The smallest absolute Gasteiger partial charge is 0.326 e. The largest absolute Gasteiger partial charge is 0.481 e. The molecule has 1 spiro atoms. The van der Waals surface area contributed by atoms with Gasteiger partial charge in [-0.15, -0.1) is 0 Å². The predicted molar refractivity (Wildman–Crippen MR) is 77.4 cm³/mol. The number of nitrogens with two attached hydrogens (primary N) is 1. The van der Waals surface area contributed by atoms with E-state index in [1.807, 2.05) is 0 Å². The standard InChI is InChI=1S/C14H21N3O6/c15-8-10(18)17-6-1-4-14(17)5-7-16(13(14)23)9(12(21)22)2-3-11(19)20/h9H,1-8,15H2,(H,19,20)(H,21,22)/t9-,14?/m0/s1. The molecule has 0 radical (unpaired) electrons. The van der Waals surface area contributed by atoms with E-state index in [9.17, 15) is 24.3 Å². The summed E-state index contributed by atoms with van der Waals surface area (Å²) in [6.07, 6.45) is 1.02. The Balaban J connectivity index is 2.20. The summed E-state index contributed by atoms with van der Waals surface area (Å²) >= 11 is 0. The summed E-state index contributed by atoms with van der Waals surface area (Å²) in [4.78, 5) is 49.6. The number of nitrogens with zero attached hydrogens (tertiary/aromatic N) is 2. The Labute approximate surface area is 133 Å². The van der Waals surface area contributed by atoms with Gasteiger partial charge in [0, 0.05) is 19.5 Å². The van der Waals surface area contributed by atoms with Gasteiger partial charge < -0.3 is 25.7 Å². The summed E-state index contributed by atoms with van der Waals surface area (Å²) in [6, 6.07) is -1.19. The third kappa shape index (κ3) is 3.00. The van der Waals surface area contributed by atoms with Crippen LogP contribution in [-0.2, 0) is 19.2 Å². The first-order valence-electron chi connectivity index (χ1n) is 7.59. The van der Waals surface area contributed by atoms with Crippen molar-refractivity contribution >= 4 is 23.8 Å². The van der Waals surface area contributed by atoms with Gasteiger partial charge >= 0.3 is 11.9 Å². The number of aliphatic carboxylic acids is 2. The Morgan fingerprint density at radius 3 is 2.48 bits per heavy atom. The van der Waals surface area contributed by atoms with E-state index in [4.69, 9.17) is 10.8 Å². The SMILES string of the molecule is NCC(=O)N1CCCC12CCN([C@@H](CCC(=O)O)C(=O)O)C2=O. The van der Waals surface area contributed by atoms with Gasteiger partial charge in [-0.2, -0.15) is 0 Å². The third-order valence-corrected chi connectivity index (χ3v) is 4.68. The molecule has 4 N–H and O–H groups in total. The normalized spacial score (nSPS) is 25.2. The van der Waals surface area contributed by atoms with Crippen LogP contribution in [0.1, 0.15) is 32.1 Å². The number of carboxylic acids is 2. The number of rotatable bonds is 6. The van der Waals surface area contributed by atoms with Gasteiger partial charge in [0.25, 0.3) is 0 Å². The molecule has 2 rings (SSSR count). The molecule has 0 bridgehead atoms. The van der Waals surface area contributed by atoms with E-state index in [-0.39, 0.29) is 31.8 Å². The fraction of sp³-hybridized carbons (Fsp3) is 0.714. The van der Waals surface area contributed by atoms with Crippen molar-refractivity contribution in [3.63, 3.8) is 0 Å². The molecule has 128 valence electrons. The molecule has 0 saturated carbocycles. The zero-order valence-corrected chi connectivity index (χ0v) is 12.7. The van der Waals surface area contributed by atoms with Gasteiger partial charge in [0.15, 0.2) is 0 Å². The van der Waals surface area contributed by atoms with E-state index in [0.717, 1.165) is 0 Å². The molecule has 2 aliphatic heterocycles. The molecular formula is C14H21N3O6. The Hall–Kier alpha value is -2.16. The second kappa shape index (κ2) is 6.53. The molecular weight excluding hydrogens is 306 g/mol. The van der Waals surface area contributed by atoms with Gasteiger partial charge in [-0.1, -0.05) is 0 Å². The lowest BCUT2D eigenvalue weighted by Crippen LogP contribution is -2.56. The van der Waals surface area contributed by atoms with Gasteiger partial charge in [0.1, 0.15) is 11.6 Å². The summed E-state index contributed by atoms with van der Waals surface area (Å²) in [5, 5.41) is 18.1. The summed E-state index contributed by atoms with van der Waals surface area (Å²) < 4.78 is 0. The number of hydrogen-bond donors (Lipinski definition) is 3.